The van der Waals surface area contributed by atoms with Crippen LogP contribution in [0.5, 0.6) is 0 Å². The molecular weight excluding hydrogens is 398 g/mol. The number of hydrogen-bond acceptors (Lipinski definition) is 5. The smallest absolute Gasteiger partial charge is 0.259 e. The highest BCUT2D eigenvalue weighted by Crippen LogP contribution is 2.26. The zero-order valence-electron chi connectivity index (χ0n) is 16.6. The number of halogens is 1. The van der Waals surface area contributed by atoms with Crippen LogP contribution in [0.1, 0.15) is 28.9 Å². The number of carbonyl (C=O) groups excluding carboxylic acids is 1. The summed E-state index contributed by atoms with van der Waals surface area (Å²) in [5.41, 5.74) is 2.13. The highest BCUT2D eigenvalue weighted by molar-refractivity contribution is 6.31. The molecule has 6 nitrogen and oxygen atoms in total. The van der Waals surface area contributed by atoms with Gasteiger partial charge in [-0.2, -0.15) is 0 Å². The lowest BCUT2D eigenvalue weighted by Crippen LogP contribution is -2.44. The number of benzene rings is 1. The Morgan fingerprint density at radius 2 is 1.90 bits per heavy atom. The molecule has 0 saturated carbocycles. The van der Waals surface area contributed by atoms with Gasteiger partial charge in [0, 0.05) is 29.1 Å². The average molecular weight is 422 g/mol. The number of aromatic nitrogens is 2. The number of anilines is 2. The van der Waals surface area contributed by atoms with Gasteiger partial charge in [0.25, 0.3) is 5.91 Å². The summed E-state index contributed by atoms with van der Waals surface area (Å²) >= 11 is 6.06. The van der Waals surface area contributed by atoms with Crippen LogP contribution in [0.15, 0.2) is 67.0 Å². The fraction of sp³-hybridized carbons (Fsp3) is 0.261. The summed E-state index contributed by atoms with van der Waals surface area (Å²) in [4.78, 5) is 24.5. The van der Waals surface area contributed by atoms with E-state index in [1.165, 1.54) is 0 Å². The molecule has 3 aromatic rings. The highest BCUT2D eigenvalue weighted by atomic mass is 35.5. The zero-order chi connectivity index (χ0) is 20.8. The molecule has 0 atom stereocenters. The van der Waals surface area contributed by atoms with Crippen LogP contribution >= 0.6 is 11.6 Å². The van der Waals surface area contributed by atoms with E-state index in [-0.39, 0.29) is 11.9 Å². The third kappa shape index (κ3) is 4.96. The number of pyridine rings is 2. The molecule has 7 heteroatoms. The summed E-state index contributed by atoms with van der Waals surface area (Å²) in [6, 6.07) is 16.9. The second-order valence-corrected chi connectivity index (χ2v) is 7.71. The maximum absolute atomic E-state index is 13.1. The summed E-state index contributed by atoms with van der Waals surface area (Å²) in [5.74, 6) is 0.468. The number of rotatable bonds is 6. The Morgan fingerprint density at radius 3 is 2.67 bits per heavy atom. The van der Waals surface area contributed by atoms with E-state index in [4.69, 9.17) is 11.6 Å². The van der Waals surface area contributed by atoms with Crippen molar-refractivity contribution in [3.05, 3.63) is 83.3 Å². The molecule has 1 aliphatic rings. The van der Waals surface area contributed by atoms with Gasteiger partial charge >= 0.3 is 0 Å². The van der Waals surface area contributed by atoms with Crippen LogP contribution in [0, 0.1) is 0 Å². The van der Waals surface area contributed by atoms with Gasteiger partial charge in [-0.3, -0.25) is 9.78 Å². The fourth-order valence-electron chi connectivity index (χ4n) is 3.73. The monoisotopic (exact) mass is 421 g/mol. The molecule has 3 heterocycles. The molecular formula is C23H24ClN5O. The predicted molar refractivity (Wildman–Crippen MR) is 120 cm³/mol. The number of amides is 1. The Labute approximate surface area is 181 Å². The maximum atomic E-state index is 13.1. The van der Waals surface area contributed by atoms with Crippen molar-refractivity contribution < 1.29 is 4.79 Å². The van der Waals surface area contributed by atoms with Crippen molar-refractivity contribution in [3.63, 3.8) is 0 Å². The highest BCUT2D eigenvalue weighted by Gasteiger charge is 2.26. The third-order valence-electron chi connectivity index (χ3n) is 5.19. The zero-order valence-corrected chi connectivity index (χ0v) is 17.3. The van der Waals surface area contributed by atoms with Crippen LogP contribution in [0.2, 0.25) is 5.02 Å². The molecule has 0 aliphatic carbocycles. The van der Waals surface area contributed by atoms with E-state index in [0.717, 1.165) is 31.6 Å². The van der Waals surface area contributed by atoms with E-state index >= 15 is 0 Å². The molecule has 2 aromatic heterocycles. The minimum atomic E-state index is -0.208. The lowest BCUT2D eigenvalue weighted by atomic mass is 10.0. The van der Waals surface area contributed by atoms with Gasteiger partial charge in [-0.05, 0) is 68.4 Å². The largest absolute Gasteiger partial charge is 0.347 e. The van der Waals surface area contributed by atoms with Crippen molar-refractivity contribution in [2.75, 3.05) is 23.3 Å². The summed E-state index contributed by atoms with van der Waals surface area (Å²) in [6.07, 6.45) is 5.50. The molecule has 0 radical (unpaired) electrons. The van der Waals surface area contributed by atoms with Crippen molar-refractivity contribution in [2.45, 2.75) is 25.4 Å². The van der Waals surface area contributed by atoms with Crippen molar-refractivity contribution in [2.24, 2.45) is 0 Å². The number of carbonyl (C=O) groups is 1. The Balaban J connectivity index is 1.65. The second-order valence-electron chi connectivity index (χ2n) is 7.27. The van der Waals surface area contributed by atoms with Crippen LogP contribution < -0.4 is 15.5 Å². The van der Waals surface area contributed by atoms with Crippen LogP contribution in [-0.4, -0.2) is 35.0 Å². The van der Waals surface area contributed by atoms with Crippen LogP contribution in [0.25, 0.3) is 0 Å². The van der Waals surface area contributed by atoms with Crippen molar-refractivity contribution in [3.8, 4) is 0 Å². The lowest BCUT2D eigenvalue weighted by molar-refractivity contribution is 0.102. The van der Waals surface area contributed by atoms with Gasteiger partial charge in [0.2, 0.25) is 0 Å². The van der Waals surface area contributed by atoms with Crippen LogP contribution in [0.4, 0.5) is 11.5 Å². The molecule has 0 bridgehead atoms. The Bertz CT molecular complexity index is 992. The molecule has 0 unspecified atom stereocenters. The topological polar surface area (TPSA) is 70.2 Å². The molecule has 30 heavy (non-hydrogen) atoms. The van der Waals surface area contributed by atoms with Gasteiger partial charge in [-0.15, -0.1) is 0 Å². The first-order chi connectivity index (χ1) is 14.7. The number of nitrogens with zero attached hydrogens (tertiary/aromatic N) is 3. The molecule has 1 fully saturated rings. The SMILES string of the molecule is O=C(Nc1cccc(Cl)c1)c1cccnc1N(Cc1ccccn1)C1CCNCC1. The number of nitrogens with one attached hydrogen (secondary N) is 2. The second kappa shape index (κ2) is 9.69. The van der Waals surface area contributed by atoms with E-state index in [0.29, 0.717) is 28.6 Å². The Morgan fingerprint density at radius 1 is 1.07 bits per heavy atom. The molecule has 1 aromatic carbocycles. The van der Waals surface area contributed by atoms with E-state index in [1.807, 2.05) is 36.4 Å². The molecule has 2 N–H and O–H groups in total. The number of hydrogen-bond donors (Lipinski definition) is 2. The predicted octanol–water partition coefficient (Wildman–Crippen LogP) is 4.14. The average Bonchev–Trinajstić information content (AvgIpc) is 2.79. The maximum Gasteiger partial charge on any atom is 0.259 e. The van der Waals surface area contributed by atoms with Gasteiger partial charge in [0.15, 0.2) is 0 Å². The van der Waals surface area contributed by atoms with Crippen LogP contribution in [-0.2, 0) is 6.54 Å². The van der Waals surface area contributed by atoms with Crippen molar-refractivity contribution >= 4 is 29.0 Å². The Kier molecular flexibility index (Phi) is 6.57. The molecule has 1 aliphatic heterocycles. The van der Waals surface area contributed by atoms with E-state index in [2.05, 4.69) is 25.5 Å². The summed E-state index contributed by atoms with van der Waals surface area (Å²) in [6.45, 7) is 2.49. The summed E-state index contributed by atoms with van der Waals surface area (Å²) < 4.78 is 0. The number of piperidine rings is 1. The van der Waals surface area contributed by atoms with E-state index < -0.39 is 0 Å². The van der Waals surface area contributed by atoms with E-state index in [9.17, 15) is 4.79 Å². The van der Waals surface area contributed by atoms with Gasteiger partial charge in [0.05, 0.1) is 17.8 Å². The van der Waals surface area contributed by atoms with Crippen molar-refractivity contribution in [1.29, 1.82) is 0 Å². The standard InChI is InChI=1S/C23H24ClN5O/c24-17-5-3-7-18(15-17)28-23(30)21-8-4-12-27-22(21)29(20-9-13-25-14-10-20)16-19-6-1-2-11-26-19/h1-8,11-12,15,20,25H,9-10,13-14,16H2,(H,28,30). The van der Waals surface area contributed by atoms with Gasteiger partial charge < -0.3 is 15.5 Å². The van der Waals surface area contributed by atoms with E-state index in [1.54, 1.807) is 30.6 Å². The molecule has 1 saturated heterocycles. The Hall–Kier alpha value is -2.96. The minimum absolute atomic E-state index is 0.208. The summed E-state index contributed by atoms with van der Waals surface area (Å²) in [7, 11) is 0. The van der Waals surface area contributed by atoms with Gasteiger partial charge in [0.1, 0.15) is 5.82 Å². The molecule has 0 spiro atoms. The van der Waals surface area contributed by atoms with Gasteiger partial charge in [-0.25, -0.2) is 4.98 Å². The van der Waals surface area contributed by atoms with Gasteiger partial charge in [-0.1, -0.05) is 23.7 Å². The normalized spacial score (nSPS) is 14.3. The molecule has 1 amide bonds. The molecule has 154 valence electrons. The molecule has 4 rings (SSSR count). The third-order valence-corrected chi connectivity index (χ3v) is 5.43. The van der Waals surface area contributed by atoms with Crippen LogP contribution in [0.3, 0.4) is 0 Å². The summed E-state index contributed by atoms with van der Waals surface area (Å²) in [5, 5.41) is 6.92. The first-order valence-electron chi connectivity index (χ1n) is 10.1. The fourth-order valence-corrected chi connectivity index (χ4v) is 3.92. The first-order valence-corrected chi connectivity index (χ1v) is 10.5. The first kappa shape index (κ1) is 20.3. The van der Waals surface area contributed by atoms with Crippen molar-refractivity contribution in [1.82, 2.24) is 15.3 Å². The lowest BCUT2D eigenvalue weighted by Gasteiger charge is -2.36. The minimum Gasteiger partial charge on any atom is -0.347 e. The quantitative estimate of drug-likeness (QED) is 0.626.